The van der Waals surface area contributed by atoms with E-state index in [0.29, 0.717) is 37.2 Å². The number of amides is 1. The fourth-order valence-corrected chi connectivity index (χ4v) is 3.91. The number of phenolic OH excluding ortho intramolecular Hbond substituents is 1. The largest absolute Gasteiger partial charge is 0.507 e. The van der Waals surface area contributed by atoms with Crippen molar-refractivity contribution in [2.45, 2.75) is 32.2 Å². The maximum absolute atomic E-state index is 12.1. The highest BCUT2D eigenvalue weighted by Crippen LogP contribution is 2.29. The van der Waals surface area contributed by atoms with E-state index in [-0.39, 0.29) is 23.5 Å². The molecule has 34 heavy (non-hydrogen) atoms. The van der Waals surface area contributed by atoms with E-state index in [9.17, 15) is 14.7 Å². The smallest absolute Gasteiger partial charge is 0.344 e. The summed E-state index contributed by atoms with van der Waals surface area (Å²) in [5.74, 6) is 0.424. The van der Waals surface area contributed by atoms with Gasteiger partial charge in [-0.15, -0.1) is 0 Å². The molecule has 1 aromatic heterocycles. The monoisotopic (exact) mass is 465 g/mol. The Kier molecular flexibility index (Phi) is 8.31. The molecule has 180 valence electrons. The van der Waals surface area contributed by atoms with E-state index in [2.05, 4.69) is 31.6 Å². The number of carbonyl (C=O) groups excluding carboxylic acids is 1. The zero-order valence-electron chi connectivity index (χ0n) is 19.6. The van der Waals surface area contributed by atoms with Crippen LogP contribution in [0.1, 0.15) is 37.3 Å². The molecule has 1 saturated heterocycles. The van der Waals surface area contributed by atoms with Gasteiger partial charge in [0.1, 0.15) is 5.75 Å². The lowest BCUT2D eigenvalue weighted by molar-refractivity contribution is -0.132. The molecule has 0 saturated carbocycles. The van der Waals surface area contributed by atoms with Crippen LogP contribution in [0.3, 0.4) is 0 Å². The number of amidine groups is 1. The summed E-state index contributed by atoms with van der Waals surface area (Å²) < 4.78 is 0. The van der Waals surface area contributed by atoms with Gasteiger partial charge in [-0.2, -0.15) is 0 Å². The third-order valence-corrected chi connectivity index (χ3v) is 6.01. The summed E-state index contributed by atoms with van der Waals surface area (Å²) in [5.41, 5.74) is 7.87. The van der Waals surface area contributed by atoms with Crippen molar-refractivity contribution < 1.29 is 9.90 Å². The molecule has 1 aliphatic heterocycles. The van der Waals surface area contributed by atoms with Crippen LogP contribution in [0, 0.1) is 0 Å². The number of anilines is 1. The molecule has 0 unspecified atom stereocenters. The molecular weight excluding hydrogens is 434 g/mol. The number of aromatic hydroxyl groups is 1. The number of aromatic amines is 1. The van der Waals surface area contributed by atoms with Crippen molar-refractivity contribution in [3.8, 4) is 5.75 Å². The SMILES string of the molecule is C=NC(=N/C=C(\C)c1cnc(=O)[nH]c1)c1ccc(N(C)C2CCN(C(=O)CCN)CC2)cc1O. The van der Waals surface area contributed by atoms with E-state index in [1.54, 1.807) is 24.5 Å². The molecule has 10 nitrogen and oxygen atoms in total. The Bertz CT molecular complexity index is 1130. The summed E-state index contributed by atoms with van der Waals surface area (Å²) in [6, 6.07) is 5.61. The first-order valence-electron chi connectivity index (χ1n) is 11.1. The Hall–Kier alpha value is -3.79. The van der Waals surface area contributed by atoms with E-state index in [1.165, 1.54) is 6.20 Å². The highest BCUT2D eigenvalue weighted by molar-refractivity contribution is 6.04. The Balaban J connectivity index is 1.72. The third kappa shape index (κ3) is 5.96. The molecule has 4 N–H and O–H groups in total. The second kappa shape index (κ2) is 11.4. The van der Waals surface area contributed by atoms with Crippen LogP contribution in [0.5, 0.6) is 5.75 Å². The zero-order chi connectivity index (χ0) is 24.7. The van der Waals surface area contributed by atoms with Crippen molar-refractivity contribution in [2.24, 2.45) is 15.7 Å². The third-order valence-electron chi connectivity index (χ3n) is 6.01. The highest BCUT2D eigenvalue weighted by atomic mass is 16.3. The van der Waals surface area contributed by atoms with Gasteiger partial charge < -0.3 is 25.6 Å². The normalized spacial score (nSPS) is 15.3. The Morgan fingerprint density at radius 1 is 1.41 bits per heavy atom. The topological polar surface area (TPSA) is 140 Å². The summed E-state index contributed by atoms with van der Waals surface area (Å²) in [7, 11) is 1.99. The highest BCUT2D eigenvalue weighted by Gasteiger charge is 2.25. The molecule has 0 aliphatic carbocycles. The van der Waals surface area contributed by atoms with Gasteiger partial charge in [0.15, 0.2) is 5.84 Å². The average Bonchev–Trinajstić information content (AvgIpc) is 2.85. The maximum atomic E-state index is 12.1. The Morgan fingerprint density at radius 3 is 2.74 bits per heavy atom. The van der Waals surface area contributed by atoms with E-state index in [0.717, 1.165) is 24.1 Å². The van der Waals surface area contributed by atoms with Gasteiger partial charge in [-0.25, -0.2) is 19.8 Å². The minimum Gasteiger partial charge on any atom is -0.507 e. The zero-order valence-corrected chi connectivity index (χ0v) is 19.6. The lowest BCUT2D eigenvalue weighted by atomic mass is 10.0. The number of hydrogen-bond acceptors (Lipinski definition) is 7. The van der Waals surface area contributed by atoms with Crippen LogP contribution in [-0.2, 0) is 4.79 Å². The number of phenols is 1. The average molecular weight is 466 g/mol. The van der Waals surface area contributed by atoms with Gasteiger partial charge in [-0.3, -0.25) is 4.79 Å². The van der Waals surface area contributed by atoms with Crippen LogP contribution in [0.15, 0.2) is 51.6 Å². The molecule has 1 aliphatic rings. The molecule has 3 rings (SSSR count). The summed E-state index contributed by atoms with van der Waals surface area (Å²) in [6.45, 7) is 7.17. The number of nitrogens with zero attached hydrogens (tertiary/aromatic N) is 5. The van der Waals surface area contributed by atoms with Crippen molar-refractivity contribution in [3.63, 3.8) is 0 Å². The number of likely N-dealkylation sites (tertiary alicyclic amines) is 1. The molecule has 0 radical (unpaired) electrons. The maximum Gasteiger partial charge on any atom is 0.344 e. The summed E-state index contributed by atoms with van der Waals surface area (Å²) in [4.78, 5) is 41.7. The number of hydrogen-bond donors (Lipinski definition) is 3. The second-order valence-corrected chi connectivity index (χ2v) is 8.19. The second-order valence-electron chi connectivity index (χ2n) is 8.19. The standard InChI is InChI=1S/C24H31N7O3/c1-16(17-14-28-24(34)29-15-17)13-27-23(26-2)20-5-4-19(12-21(20)32)30(3)18-7-10-31(11-8-18)22(33)6-9-25/h4-5,12-15,18,32H,2,6-11,25H2,1,3H3,(H,28,29,34)/b16-13+,27-23?. The number of H-pyrrole nitrogens is 1. The number of allylic oxidation sites excluding steroid dienone is 1. The van der Waals surface area contributed by atoms with Crippen LogP contribution in [-0.4, -0.2) is 71.2 Å². The van der Waals surface area contributed by atoms with Gasteiger partial charge in [-0.05, 0) is 44.2 Å². The molecule has 0 atom stereocenters. The first-order valence-corrected chi connectivity index (χ1v) is 11.1. The van der Waals surface area contributed by atoms with Crippen molar-refractivity contribution in [1.29, 1.82) is 0 Å². The van der Waals surface area contributed by atoms with Crippen LogP contribution >= 0.6 is 0 Å². The van der Waals surface area contributed by atoms with E-state index in [1.807, 2.05) is 24.9 Å². The minimum atomic E-state index is -0.422. The van der Waals surface area contributed by atoms with E-state index in [4.69, 9.17) is 5.73 Å². The summed E-state index contributed by atoms with van der Waals surface area (Å²) in [5, 5.41) is 10.7. The van der Waals surface area contributed by atoms with Crippen LogP contribution in [0.2, 0.25) is 0 Å². The number of aromatic nitrogens is 2. The van der Waals surface area contributed by atoms with Gasteiger partial charge in [0.05, 0.1) is 5.56 Å². The number of nitrogens with one attached hydrogen (secondary N) is 1. The van der Waals surface area contributed by atoms with E-state index < -0.39 is 5.69 Å². The molecule has 10 heteroatoms. The summed E-state index contributed by atoms with van der Waals surface area (Å²) in [6.07, 6.45) is 6.67. The molecule has 2 heterocycles. The molecule has 1 fully saturated rings. The van der Waals surface area contributed by atoms with Crippen molar-refractivity contribution >= 4 is 29.7 Å². The van der Waals surface area contributed by atoms with Crippen molar-refractivity contribution in [1.82, 2.24) is 14.9 Å². The first-order chi connectivity index (χ1) is 16.3. The molecule has 1 aromatic carbocycles. The van der Waals surface area contributed by atoms with Crippen molar-refractivity contribution in [3.05, 3.63) is 58.4 Å². The van der Waals surface area contributed by atoms with Gasteiger partial charge in [0.25, 0.3) is 0 Å². The molecule has 1 amide bonds. The van der Waals surface area contributed by atoms with Gasteiger partial charge in [0.2, 0.25) is 5.91 Å². The van der Waals surface area contributed by atoms with Crippen LogP contribution in [0.4, 0.5) is 5.69 Å². The predicted octanol–water partition coefficient (Wildman–Crippen LogP) is 1.76. The van der Waals surface area contributed by atoms with Crippen molar-refractivity contribution in [2.75, 3.05) is 31.6 Å². The number of rotatable bonds is 7. The molecule has 0 spiro atoms. The molecular formula is C24H31N7O3. The lowest BCUT2D eigenvalue weighted by Crippen LogP contribution is -2.46. The van der Waals surface area contributed by atoms with E-state index >= 15 is 0 Å². The fourth-order valence-electron chi connectivity index (χ4n) is 3.91. The van der Waals surface area contributed by atoms with Crippen LogP contribution < -0.4 is 16.3 Å². The quantitative estimate of drug-likeness (QED) is 0.420. The fraction of sp³-hybridized carbons (Fsp3) is 0.375. The predicted molar refractivity (Wildman–Crippen MR) is 134 cm³/mol. The molecule has 2 aromatic rings. The van der Waals surface area contributed by atoms with Gasteiger partial charge >= 0.3 is 5.69 Å². The summed E-state index contributed by atoms with van der Waals surface area (Å²) >= 11 is 0. The molecule has 0 bridgehead atoms. The first kappa shape index (κ1) is 24.8. The number of piperidine rings is 1. The number of aliphatic imine (C=N–C) groups is 2. The Labute approximate surface area is 198 Å². The van der Waals surface area contributed by atoms with Gasteiger partial charge in [0, 0.05) is 75.1 Å². The lowest BCUT2D eigenvalue weighted by Gasteiger charge is -2.38. The van der Waals surface area contributed by atoms with Crippen LogP contribution in [0.25, 0.3) is 5.57 Å². The minimum absolute atomic E-state index is 0.0443. The number of carbonyl (C=O) groups is 1. The van der Waals surface area contributed by atoms with Gasteiger partial charge in [-0.1, -0.05) is 0 Å². The number of benzene rings is 1. The number of nitrogens with two attached hydrogens (primary N) is 1. The Morgan fingerprint density at radius 2 is 2.15 bits per heavy atom.